The van der Waals surface area contributed by atoms with Gasteiger partial charge in [0.25, 0.3) is 0 Å². The summed E-state index contributed by atoms with van der Waals surface area (Å²) in [7, 11) is 1.55. The van der Waals surface area contributed by atoms with Crippen molar-refractivity contribution in [2.24, 2.45) is 5.92 Å². The summed E-state index contributed by atoms with van der Waals surface area (Å²) in [5.41, 5.74) is 0. The molecule has 6 heteroatoms. The van der Waals surface area contributed by atoms with Crippen molar-refractivity contribution in [3.8, 4) is 11.8 Å². The van der Waals surface area contributed by atoms with Crippen LogP contribution in [-0.2, 0) is 4.79 Å². The van der Waals surface area contributed by atoms with E-state index in [1.807, 2.05) is 4.90 Å². The molecule has 1 aromatic rings. The van der Waals surface area contributed by atoms with Crippen molar-refractivity contribution in [2.75, 3.05) is 20.2 Å². The fourth-order valence-electron chi connectivity index (χ4n) is 3.11. The second kappa shape index (κ2) is 6.28. The summed E-state index contributed by atoms with van der Waals surface area (Å²) >= 11 is 0. The van der Waals surface area contributed by atoms with Crippen LogP contribution in [0.25, 0.3) is 0 Å². The smallest absolute Gasteiger partial charge is 0.233 e. The van der Waals surface area contributed by atoms with Gasteiger partial charge in [-0.2, -0.15) is 0 Å². The molecular formula is C15H21N3O3. The van der Waals surface area contributed by atoms with Crippen molar-refractivity contribution in [1.29, 1.82) is 0 Å². The van der Waals surface area contributed by atoms with Crippen LogP contribution in [0.5, 0.6) is 11.8 Å². The molecule has 1 aliphatic carbocycles. The number of ether oxygens (including phenoxy) is 2. The zero-order chi connectivity index (χ0) is 14.7. The third-order valence-electron chi connectivity index (χ3n) is 4.27. The standard InChI is InChI=1S/C15H21N3O3/c1-20-13-6-7-14(17-16-13)21-12-8-9-18(10-12)15(19)11-4-2-3-5-11/h6-7,11-12H,2-5,8-10H2,1H3. The molecule has 2 heterocycles. The van der Waals surface area contributed by atoms with E-state index in [0.717, 1.165) is 25.8 Å². The van der Waals surface area contributed by atoms with E-state index in [1.54, 1.807) is 19.2 Å². The minimum Gasteiger partial charge on any atom is -0.480 e. The van der Waals surface area contributed by atoms with Crippen molar-refractivity contribution in [3.63, 3.8) is 0 Å². The van der Waals surface area contributed by atoms with Gasteiger partial charge in [0, 0.05) is 31.0 Å². The fraction of sp³-hybridized carbons (Fsp3) is 0.667. The Bertz CT molecular complexity index is 485. The minimum atomic E-state index is 0.0121. The largest absolute Gasteiger partial charge is 0.480 e. The zero-order valence-electron chi connectivity index (χ0n) is 12.3. The summed E-state index contributed by atoms with van der Waals surface area (Å²) in [4.78, 5) is 14.3. The van der Waals surface area contributed by atoms with Crippen molar-refractivity contribution < 1.29 is 14.3 Å². The first-order chi connectivity index (χ1) is 10.3. The molecule has 3 rings (SSSR count). The van der Waals surface area contributed by atoms with Crippen LogP contribution in [0.3, 0.4) is 0 Å². The van der Waals surface area contributed by atoms with E-state index in [-0.39, 0.29) is 12.0 Å². The molecule has 1 aliphatic heterocycles. The van der Waals surface area contributed by atoms with Crippen molar-refractivity contribution >= 4 is 5.91 Å². The van der Waals surface area contributed by atoms with Gasteiger partial charge in [-0.3, -0.25) is 4.79 Å². The molecule has 1 amide bonds. The van der Waals surface area contributed by atoms with Crippen LogP contribution in [0.2, 0.25) is 0 Å². The van der Waals surface area contributed by atoms with E-state index < -0.39 is 0 Å². The summed E-state index contributed by atoms with van der Waals surface area (Å²) in [6, 6.07) is 3.46. The zero-order valence-corrected chi connectivity index (χ0v) is 12.3. The maximum atomic E-state index is 12.4. The molecule has 21 heavy (non-hydrogen) atoms. The summed E-state index contributed by atoms with van der Waals surface area (Å²) in [6.45, 7) is 1.44. The second-order valence-corrected chi connectivity index (χ2v) is 5.71. The molecular weight excluding hydrogens is 270 g/mol. The Morgan fingerprint density at radius 2 is 1.90 bits per heavy atom. The number of methoxy groups -OCH3 is 1. The lowest BCUT2D eigenvalue weighted by Crippen LogP contribution is -2.34. The molecule has 1 atom stereocenters. The van der Waals surface area contributed by atoms with Crippen LogP contribution in [0.4, 0.5) is 0 Å². The number of carbonyl (C=O) groups is 1. The highest BCUT2D eigenvalue weighted by Crippen LogP contribution is 2.28. The van der Waals surface area contributed by atoms with E-state index >= 15 is 0 Å². The normalized spacial score (nSPS) is 22.5. The van der Waals surface area contributed by atoms with Crippen LogP contribution >= 0.6 is 0 Å². The topological polar surface area (TPSA) is 64.6 Å². The van der Waals surface area contributed by atoms with Crippen molar-refractivity contribution in [3.05, 3.63) is 12.1 Å². The van der Waals surface area contributed by atoms with Crippen molar-refractivity contribution in [2.45, 2.75) is 38.2 Å². The highest BCUT2D eigenvalue weighted by Gasteiger charge is 2.33. The number of aromatic nitrogens is 2. The number of likely N-dealkylation sites (tertiary alicyclic amines) is 1. The molecule has 1 saturated heterocycles. The van der Waals surface area contributed by atoms with E-state index in [2.05, 4.69) is 10.2 Å². The highest BCUT2D eigenvalue weighted by atomic mass is 16.5. The van der Waals surface area contributed by atoms with Crippen molar-refractivity contribution in [1.82, 2.24) is 15.1 Å². The van der Waals surface area contributed by atoms with Gasteiger partial charge in [-0.25, -0.2) is 0 Å². The third kappa shape index (κ3) is 3.25. The molecule has 0 N–H and O–H groups in total. The predicted octanol–water partition coefficient (Wildman–Crippen LogP) is 1.66. The molecule has 0 aromatic carbocycles. The molecule has 1 saturated carbocycles. The SMILES string of the molecule is COc1ccc(OC2CCN(C(=O)C3CCCC3)C2)nn1. The Balaban J connectivity index is 1.52. The summed E-state index contributed by atoms with van der Waals surface area (Å²) < 4.78 is 10.8. The maximum absolute atomic E-state index is 12.4. The van der Waals surface area contributed by atoms with Gasteiger partial charge in [-0.1, -0.05) is 12.8 Å². The first-order valence-corrected chi connectivity index (χ1v) is 7.59. The Morgan fingerprint density at radius 1 is 1.19 bits per heavy atom. The van der Waals surface area contributed by atoms with Gasteiger partial charge >= 0.3 is 0 Å². The average molecular weight is 291 g/mol. The van der Waals surface area contributed by atoms with E-state index in [9.17, 15) is 4.79 Å². The number of rotatable bonds is 4. The molecule has 114 valence electrons. The van der Waals surface area contributed by atoms with Gasteiger partial charge in [0.05, 0.1) is 13.7 Å². The van der Waals surface area contributed by atoms with Gasteiger partial charge < -0.3 is 14.4 Å². The third-order valence-corrected chi connectivity index (χ3v) is 4.27. The summed E-state index contributed by atoms with van der Waals surface area (Å²) in [5, 5.41) is 7.84. The Morgan fingerprint density at radius 3 is 2.57 bits per heavy atom. The maximum Gasteiger partial charge on any atom is 0.233 e. The quantitative estimate of drug-likeness (QED) is 0.844. The molecule has 1 aromatic heterocycles. The molecule has 2 aliphatic rings. The monoisotopic (exact) mass is 291 g/mol. The Labute approximate surface area is 124 Å². The Kier molecular flexibility index (Phi) is 4.22. The van der Waals surface area contributed by atoms with Gasteiger partial charge in [0.15, 0.2) is 0 Å². The minimum absolute atomic E-state index is 0.0121. The molecule has 0 radical (unpaired) electrons. The summed E-state index contributed by atoms with van der Waals surface area (Å²) in [6.07, 6.45) is 5.33. The second-order valence-electron chi connectivity index (χ2n) is 5.71. The van der Waals surface area contributed by atoms with E-state index in [4.69, 9.17) is 9.47 Å². The van der Waals surface area contributed by atoms with Gasteiger partial charge in [0.2, 0.25) is 17.7 Å². The number of hydrogen-bond acceptors (Lipinski definition) is 5. The number of carbonyl (C=O) groups excluding carboxylic acids is 1. The van der Waals surface area contributed by atoms with Gasteiger partial charge in [-0.15, -0.1) is 10.2 Å². The first-order valence-electron chi connectivity index (χ1n) is 7.59. The average Bonchev–Trinajstić information content (AvgIpc) is 3.19. The Hall–Kier alpha value is -1.85. The number of amides is 1. The van der Waals surface area contributed by atoms with Crippen LogP contribution in [0, 0.1) is 5.92 Å². The van der Waals surface area contributed by atoms with E-state index in [0.29, 0.717) is 24.2 Å². The van der Waals surface area contributed by atoms with Crippen LogP contribution in [0.15, 0.2) is 12.1 Å². The molecule has 0 spiro atoms. The fourth-order valence-corrected chi connectivity index (χ4v) is 3.11. The number of hydrogen-bond donors (Lipinski definition) is 0. The lowest BCUT2D eigenvalue weighted by atomic mass is 10.1. The lowest BCUT2D eigenvalue weighted by Gasteiger charge is -2.20. The van der Waals surface area contributed by atoms with Crippen LogP contribution in [0.1, 0.15) is 32.1 Å². The first kappa shape index (κ1) is 14.1. The predicted molar refractivity (Wildman–Crippen MR) is 76.2 cm³/mol. The van der Waals surface area contributed by atoms with Crippen LogP contribution < -0.4 is 9.47 Å². The molecule has 0 bridgehead atoms. The lowest BCUT2D eigenvalue weighted by molar-refractivity contribution is -0.134. The highest BCUT2D eigenvalue weighted by molar-refractivity contribution is 5.79. The van der Waals surface area contributed by atoms with Gasteiger partial charge in [-0.05, 0) is 12.8 Å². The molecule has 6 nitrogen and oxygen atoms in total. The van der Waals surface area contributed by atoms with Crippen LogP contribution in [-0.4, -0.2) is 47.3 Å². The summed E-state index contributed by atoms with van der Waals surface area (Å²) in [5.74, 6) is 1.49. The molecule has 2 fully saturated rings. The number of nitrogens with zero attached hydrogens (tertiary/aromatic N) is 3. The van der Waals surface area contributed by atoms with Gasteiger partial charge in [0.1, 0.15) is 6.10 Å². The molecule has 1 unspecified atom stereocenters. The van der Waals surface area contributed by atoms with E-state index in [1.165, 1.54) is 12.8 Å².